The van der Waals surface area contributed by atoms with Crippen LogP contribution in [0, 0.1) is 6.92 Å². The van der Waals surface area contributed by atoms with Gasteiger partial charge in [-0.1, -0.05) is 25.1 Å². The minimum Gasteiger partial charge on any atom is -0.480 e. The molecule has 104 valence electrons. The summed E-state index contributed by atoms with van der Waals surface area (Å²) in [5.74, 6) is -0.307. The van der Waals surface area contributed by atoms with Crippen molar-refractivity contribution in [1.82, 2.24) is 0 Å². The first-order chi connectivity index (χ1) is 8.75. The molecule has 2 rings (SSSR count). The summed E-state index contributed by atoms with van der Waals surface area (Å²) in [5.41, 5.74) is 3.40. The number of hydrogen-bond acceptors (Lipinski definition) is 2. The first kappa shape index (κ1) is 13.9. The lowest BCUT2D eigenvalue weighted by molar-refractivity contribution is -0.138. The highest BCUT2D eigenvalue weighted by atomic mass is 16.4. The van der Waals surface area contributed by atoms with Crippen molar-refractivity contribution < 1.29 is 9.90 Å². The van der Waals surface area contributed by atoms with E-state index in [1.165, 1.54) is 5.56 Å². The molecule has 3 heteroatoms. The standard InChI is InChI=1S/C16H23NO2/c1-10-7-6-8-13-11(2)9-16(4,5)17(14(10)13)12(3)15(18)19/h6-8,11-12H,9H2,1-5H3,(H,18,19)/t11-,12-/m0/s1. The Morgan fingerprint density at radius 1 is 1.47 bits per heavy atom. The van der Waals surface area contributed by atoms with Gasteiger partial charge in [0.15, 0.2) is 0 Å². The van der Waals surface area contributed by atoms with Gasteiger partial charge in [-0.05, 0) is 51.2 Å². The molecule has 1 aliphatic rings. The number of aryl methyl sites for hydroxylation is 1. The second-order valence-corrected chi connectivity index (χ2v) is 6.31. The van der Waals surface area contributed by atoms with E-state index in [0.717, 1.165) is 17.7 Å². The minimum atomic E-state index is -0.767. The SMILES string of the molecule is Cc1cccc2c1N([C@@H](C)C(=O)O)C(C)(C)C[C@@H]2C. The molecule has 0 aromatic heterocycles. The van der Waals surface area contributed by atoms with Crippen molar-refractivity contribution in [3.8, 4) is 0 Å². The van der Waals surface area contributed by atoms with E-state index in [1.54, 1.807) is 6.92 Å². The van der Waals surface area contributed by atoms with Gasteiger partial charge in [-0.15, -0.1) is 0 Å². The molecular formula is C16H23NO2. The van der Waals surface area contributed by atoms with Gasteiger partial charge in [0.2, 0.25) is 0 Å². The van der Waals surface area contributed by atoms with Gasteiger partial charge in [0.1, 0.15) is 6.04 Å². The van der Waals surface area contributed by atoms with E-state index in [1.807, 2.05) is 0 Å². The zero-order valence-electron chi connectivity index (χ0n) is 12.4. The van der Waals surface area contributed by atoms with Crippen LogP contribution in [0.1, 0.15) is 51.2 Å². The number of para-hydroxylation sites is 1. The number of anilines is 1. The molecule has 0 fully saturated rings. The number of carboxylic acid groups (broad SMARTS) is 1. The lowest BCUT2D eigenvalue weighted by atomic mass is 9.78. The molecule has 0 bridgehead atoms. The van der Waals surface area contributed by atoms with Gasteiger partial charge in [0.25, 0.3) is 0 Å². The fourth-order valence-corrected chi connectivity index (χ4v) is 3.50. The third-order valence-corrected chi connectivity index (χ3v) is 4.24. The maximum atomic E-state index is 11.4. The number of carbonyl (C=O) groups is 1. The van der Waals surface area contributed by atoms with Crippen molar-refractivity contribution in [2.24, 2.45) is 0 Å². The molecule has 0 aliphatic carbocycles. The number of carboxylic acids is 1. The Bertz CT molecular complexity index is 507. The van der Waals surface area contributed by atoms with E-state index in [4.69, 9.17) is 0 Å². The lowest BCUT2D eigenvalue weighted by Crippen LogP contribution is -2.55. The van der Waals surface area contributed by atoms with E-state index in [-0.39, 0.29) is 5.54 Å². The summed E-state index contributed by atoms with van der Waals surface area (Å²) >= 11 is 0. The van der Waals surface area contributed by atoms with Gasteiger partial charge >= 0.3 is 5.97 Å². The van der Waals surface area contributed by atoms with Crippen LogP contribution in [0.4, 0.5) is 5.69 Å². The first-order valence-electron chi connectivity index (χ1n) is 6.87. The molecule has 0 amide bonds. The molecule has 1 N–H and O–H groups in total. The molecule has 1 aromatic rings. The van der Waals surface area contributed by atoms with Crippen LogP contribution in [-0.2, 0) is 4.79 Å². The highest BCUT2D eigenvalue weighted by molar-refractivity contribution is 5.80. The van der Waals surface area contributed by atoms with E-state index < -0.39 is 12.0 Å². The second kappa shape index (κ2) is 4.55. The number of aliphatic carboxylic acids is 1. The fraction of sp³-hybridized carbons (Fsp3) is 0.562. The summed E-state index contributed by atoms with van der Waals surface area (Å²) < 4.78 is 0. The fourth-order valence-electron chi connectivity index (χ4n) is 3.50. The lowest BCUT2D eigenvalue weighted by Gasteiger charge is -2.50. The van der Waals surface area contributed by atoms with Gasteiger partial charge in [-0.3, -0.25) is 0 Å². The third kappa shape index (κ3) is 2.22. The summed E-state index contributed by atoms with van der Waals surface area (Å²) in [6.45, 7) is 10.3. The number of rotatable bonds is 2. The molecule has 0 radical (unpaired) electrons. The quantitative estimate of drug-likeness (QED) is 0.885. The van der Waals surface area contributed by atoms with Crippen LogP contribution in [0.25, 0.3) is 0 Å². The van der Waals surface area contributed by atoms with Gasteiger partial charge in [0.05, 0.1) is 0 Å². The summed E-state index contributed by atoms with van der Waals surface area (Å²) in [5, 5.41) is 9.41. The van der Waals surface area contributed by atoms with Crippen molar-refractivity contribution in [3.63, 3.8) is 0 Å². The molecule has 1 heterocycles. The van der Waals surface area contributed by atoms with Crippen LogP contribution in [0.15, 0.2) is 18.2 Å². The van der Waals surface area contributed by atoms with E-state index in [0.29, 0.717) is 5.92 Å². The van der Waals surface area contributed by atoms with Crippen LogP contribution in [0.2, 0.25) is 0 Å². The molecule has 0 unspecified atom stereocenters. The normalized spacial score (nSPS) is 22.8. The van der Waals surface area contributed by atoms with Crippen LogP contribution in [0.3, 0.4) is 0 Å². The van der Waals surface area contributed by atoms with Gasteiger partial charge < -0.3 is 10.0 Å². The Morgan fingerprint density at radius 3 is 2.68 bits per heavy atom. The van der Waals surface area contributed by atoms with E-state index in [9.17, 15) is 9.90 Å². The zero-order chi connectivity index (χ0) is 14.4. The smallest absolute Gasteiger partial charge is 0.326 e. The van der Waals surface area contributed by atoms with Crippen molar-refractivity contribution in [2.75, 3.05) is 4.90 Å². The molecule has 0 saturated heterocycles. The number of nitrogens with zero attached hydrogens (tertiary/aromatic N) is 1. The van der Waals surface area contributed by atoms with Gasteiger partial charge in [0, 0.05) is 11.2 Å². The topological polar surface area (TPSA) is 40.5 Å². The molecule has 19 heavy (non-hydrogen) atoms. The highest BCUT2D eigenvalue weighted by Gasteiger charge is 2.41. The summed E-state index contributed by atoms with van der Waals surface area (Å²) in [6, 6.07) is 5.74. The second-order valence-electron chi connectivity index (χ2n) is 6.31. The maximum absolute atomic E-state index is 11.4. The first-order valence-corrected chi connectivity index (χ1v) is 6.87. The van der Waals surface area contributed by atoms with Crippen LogP contribution in [-0.4, -0.2) is 22.7 Å². The van der Waals surface area contributed by atoms with E-state index >= 15 is 0 Å². The van der Waals surface area contributed by atoms with Crippen molar-refractivity contribution in [1.29, 1.82) is 0 Å². The average molecular weight is 261 g/mol. The van der Waals surface area contributed by atoms with Crippen molar-refractivity contribution >= 4 is 11.7 Å². The molecule has 2 atom stereocenters. The van der Waals surface area contributed by atoms with E-state index in [2.05, 4.69) is 50.8 Å². The molecule has 0 spiro atoms. The molecule has 0 saturated carbocycles. The Balaban J connectivity index is 2.64. The summed E-state index contributed by atoms with van der Waals surface area (Å²) in [7, 11) is 0. The van der Waals surface area contributed by atoms with Crippen LogP contribution >= 0.6 is 0 Å². The maximum Gasteiger partial charge on any atom is 0.326 e. The Morgan fingerprint density at radius 2 is 2.11 bits per heavy atom. The number of benzene rings is 1. The largest absolute Gasteiger partial charge is 0.480 e. The Labute approximate surface area is 115 Å². The predicted molar refractivity (Wildman–Crippen MR) is 77.9 cm³/mol. The summed E-state index contributed by atoms with van der Waals surface area (Å²) in [4.78, 5) is 13.5. The van der Waals surface area contributed by atoms with Gasteiger partial charge in [-0.2, -0.15) is 0 Å². The molecule has 1 aromatic carbocycles. The summed E-state index contributed by atoms with van der Waals surface area (Å²) in [6.07, 6.45) is 0.973. The molecular weight excluding hydrogens is 238 g/mol. The average Bonchev–Trinajstić information content (AvgIpc) is 2.29. The Kier molecular flexibility index (Phi) is 3.33. The number of fused-ring (bicyclic) bond motifs is 1. The predicted octanol–water partition coefficient (Wildman–Crippen LogP) is 3.56. The monoisotopic (exact) mass is 261 g/mol. The molecule has 3 nitrogen and oxygen atoms in total. The Hall–Kier alpha value is -1.51. The zero-order valence-corrected chi connectivity index (χ0v) is 12.4. The van der Waals surface area contributed by atoms with Crippen molar-refractivity contribution in [2.45, 2.75) is 58.5 Å². The van der Waals surface area contributed by atoms with Gasteiger partial charge in [-0.25, -0.2) is 4.79 Å². The van der Waals surface area contributed by atoms with Crippen LogP contribution < -0.4 is 4.90 Å². The molecule has 1 aliphatic heterocycles. The minimum absolute atomic E-state index is 0.143. The van der Waals surface area contributed by atoms with Crippen molar-refractivity contribution in [3.05, 3.63) is 29.3 Å². The van der Waals surface area contributed by atoms with Crippen LogP contribution in [0.5, 0.6) is 0 Å². The number of hydrogen-bond donors (Lipinski definition) is 1. The highest BCUT2D eigenvalue weighted by Crippen LogP contribution is 2.45. The third-order valence-electron chi connectivity index (χ3n) is 4.24.